The van der Waals surface area contributed by atoms with E-state index in [1.807, 2.05) is 20.2 Å². The van der Waals surface area contributed by atoms with Gasteiger partial charge < -0.3 is 4.90 Å². The molecule has 0 bridgehead atoms. The van der Waals surface area contributed by atoms with Crippen LogP contribution >= 0.6 is 0 Å². The van der Waals surface area contributed by atoms with Crippen molar-refractivity contribution in [1.29, 1.82) is 5.26 Å². The van der Waals surface area contributed by atoms with Crippen molar-refractivity contribution in [2.24, 2.45) is 5.92 Å². The zero-order valence-electron chi connectivity index (χ0n) is 8.79. The van der Waals surface area contributed by atoms with Crippen LogP contribution in [0.1, 0.15) is 25.7 Å². The summed E-state index contributed by atoms with van der Waals surface area (Å²) in [5, 5.41) is 8.84. The number of ketones is 1. The van der Waals surface area contributed by atoms with Crippen molar-refractivity contribution in [2.75, 3.05) is 14.1 Å². The number of Topliss-reactive ketones (excluding diaryl/α,β-unsaturated/α-hetero) is 1. The quantitative estimate of drug-likeness (QED) is 0.505. The molecule has 0 N–H and O–H groups in total. The molecule has 0 saturated heterocycles. The summed E-state index contributed by atoms with van der Waals surface area (Å²) in [6.07, 6.45) is 5.76. The summed E-state index contributed by atoms with van der Waals surface area (Å²) in [6, 6.07) is 1.98. The third-order valence-electron chi connectivity index (χ3n) is 2.50. The monoisotopic (exact) mass is 192 g/mol. The molecule has 3 nitrogen and oxygen atoms in total. The molecule has 0 radical (unpaired) electrons. The molecular weight excluding hydrogens is 176 g/mol. The van der Waals surface area contributed by atoms with Crippen molar-refractivity contribution in [3.63, 3.8) is 0 Å². The number of allylic oxidation sites excluding steroid dienone is 1. The van der Waals surface area contributed by atoms with Gasteiger partial charge in [0.05, 0.1) is 0 Å². The van der Waals surface area contributed by atoms with Gasteiger partial charge in [0.25, 0.3) is 0 Å². The number of nitrogens with zero attached hydrogens (tertiary/aromatic N) is 2. The van der Waals surface area contributed by atoms with Crippen LogP contribution in [0.15, 0.2) is 11.8 Å². The molecule has 0 aromatic heterocycles. The molecule has 1 aliphatic rings. The van der Waals surface area contributed by atoms with Gasteiger partial charge in [-0.25, -0.2) is 0 Å². The zero-order chi connectivity index (χ0) is 10.6. The van der Waals surface area contributed by atoms with Crippen LogP contribution in [0.5, 0.6) is 0 Å². The maximum Gasteiger partial charge on any atom is 0.177 e. The Morgan fingerprint density at radius 2 is 2.00 bits per heavy atom. The summed E-state index contributed by atoms with van der Waals surface area (Å²) >= 11 is 0. The van der Waals surface area contributed by atoms with Gasteiger partial charge in [-0.3, -0.25) is 4.79 Å². The summed E-state index contributed by atoms with van der Waals surface area (Å²) in [7, 11) is 3.64. The highest BCUT2D eigenvalue weighted by Gasteiger charge is 2.25. The van der Waals surface area contributed by atoms with E-state index in [4.69, 9.17) is 5.26 Å². The molecule has 1 aliphatic carbocycles. The third-order valence-corrected chi connectivity index (χ3v) is 2.50. The minimum Gasteiger partial charge on any atom is -0.382 e. The van der Waals surface area contributed by atoms with Gasteiger partial charge in [0.2, 0.25) is 0 Å². The maximum absolute atomic E-state index is 11.8. The van der Waals surface area contributed by atoms with Crippen LogP contribution in [0.25, 0.3) is 0 Å². The van der Waals surface area contributed by atoms with Gasteiger partial charge in [0.1, 0.15) is 11.6 Å². The van der Waals surface area contributed by atoms with E-state index >= 15 is 0 Å². The summed E-state index contributed by atoms with van der Waals surface area (Å²) in [6.45, 7) is 0. The van der Waals surface area contributed by atoms with E-state index in [0.717, 1.165) is 25.7 Å². The lowest BCUT2D eigenvalue weighted by Crippen LogP contribution is -2.15. The second kappa shape index (κ2) is 4.80. The van der Waals surface area contributed by atoms with E-state index in [1.54, 1.807) is 11.1 Å². The van der Waals surface area contributed by atoms with Crippen molar-refractivity contribution in [2.45, 2.75) is 25.7 Å². The van der Waals surface area contributed by atoms with Crippen LogP contribution in [-0.4, -0.2) is 24.8 Å². The van der Waals surface area contributed by atoms with Crippen molar-refractivity contribution >= 4 is 5.78 Å². The van der Waals surface area contributed by atoms with Crippen molar-refractivity contribution in [1.82, 2.24) is 4.90 Å². The van der Waals surface area contributed by atoms with Gasteiger partial charge in [0.15, 0.2) is 5.78 Å². The molecule has 3 heteroatoms. The number of hydrogen-bond acceptors (Lipinski definition) is 3. The number of carbonyl (C=O) groups excluding carboxylic acids is 1. The Morgan fingerprint density at radius 3 is 2.43 bits per heavy atom. The van der Waals surface area contributed by atoms with Crippen LogP contribution in [0, 0.1) is 17.2 Å². The first-order valence-electron chi connectivity index (χ1n) is 4.97. The summed E-state index contributed by atoms with van der Waals surface area (Å²) in [4.78, 5) is 13.5. The molecule has 1 fully saturated rings. The number of nitriles is 1. The van der Waals surface area contributed by atoms with Gasteiger partial charge in [-0.1, -0.05) is 12.8 Å². The molecule has 76 valence electrons. The fraction of sp³-hybridized carbons (Fsp3) is 0.636. The number of hydrogen-bond donors (Lipinski definition) is 0. The maximum atomic E-state index is 11.8. The Morgan fingerprint density at radius 1 is 1.43 bits per heavy atom. The smallest absolute Gasteiger partial charge is 0.177 e. The van der Waals surface area contributed by atoms with Crippen molar-refractivity contribution in [3.8, 4) is 6.07 Å². The first-order chi connectivity index (χ1) is 6.65. The Bertz CT molecular complexity index is 280. The molecule has 14 heavy (non-hydrogen) atoms. The Hall–Kier alpha value is -1.30. The summed E-state index contributed by atoms with van der Waals surface area (Å²) in [5.41, 5.74) is 0.293. The highest BCUT2D eigenvalue weighted by molar-refractivity contribution is 6.00. The molecule has 0 aromatic rings. The van der Waals surface area contributed by atoms with Crippen LogP contribution in [0.4, 0.5) is 0 Å². The minimum absolute atomic E-state index is 0.0266. The zero-order valence-corrected chi connectivity index (χ0v) is 8.79. The second-order valence-electron chi connectivity index (χ2n) is 3.96. The van der Waals surface area contributed by atoms with E-state index in [2.05, 4.69) is 0 Å². The van der Waals surface area contributed by atoms with E-state index in [1.165, 1.54) is 0 Å². The predicted molar refractivity (Wildman–Crippen MR) is 54.3 cm³/mol. The number of carbonyl (C=O) groups is 1. The largest absolute Gasteiger partial charge is 0.382 e. The average Bonchev–Trinajstić information content (AvgIpc) is 2.65. The predicted octanol–water partition coefficient (Wildman–Crippen LogP) is 1.71. The van der Waals surface area contributed by atoms with E-state index in [-0.39, 0.29) is 11.7 Å². The van der Waals surface area contributed by atoms with Crippen LogP contribution in [-0.2, 0) is 4.79 Å². The highest BCUT2D eigenvalue weighted by atomic mass is 16.1. The molecule has 1 saturated carbocycles. The van der Waals surface area contributed by atoms with Crippen molar-refractivity contribution < 1.29 is 4.79 Å². The SMILES string of the molecule is CN(C)/C=C(\C#N)C(=O)C1CCCC1. The molecule has 0 aliphatic heterocycles. The Labute approximate surface area is 85.0 Å². The Kier molecular flexibility index (Phi) is 3.70. The molecule has 0 spiro atoms. The summed E-state index contributed by atoms with van der Waals surface area (Å²) in [5.74, 6) is 0.125. The average molecular weight is 192 g/mol. The molecule has 0 amide bonds. The van der Waals surface area contributed by atoms with Crippen LogP contribution in [0.3, 0.4) is 0 Å². The van der Waals surface area contributed by atoms with Crippen LogP contribution in [0.2, 0.25) is 0 Å². The standard InChI is InChI=1S/C11H16N2O/c1-13(2)8-10(7-12)11(14)9-5-3-4-6-9/h8-9H,3-6H2,1-2H3/b10-8+. The topological polar surface area (TPSA) is 44.1 Å². The lowest BCUT2D eigenvalue weighted by molar-refractivity contribution is -0.118. The second-order valence-corrected chi connectivity index (χ2v) is 3.96. The third kappa shape index (κ3) is 2.59. The molecular formula is C11H16N2O. The van der Waals surface area contributed by atoms with Gasteiger partial charge in [-0.05, 0) is 12.8 Å². The molecule has 0 atom stereocenters. The fourth-order valence-electron chi connectivity index (χ4n) is 1.81. The lowest BCUT2D eigenvalue weighted by Gasteiger charge is -2.09. The normalized spacial score (nSPS) is 17.9. The van der Waals surface area contributed by atoms with Gasteiger partial charge in [0, 0.05) is 26.2 Å². The van der Waals surface area contributed by atoms with Gasteiger partial charge in [-0.2, -0.15) is 5.26 Å². The first kappa shape index (κ1) is 10.8. The van der Waals surface area contributed by atoms with Gasteiger partial charge in [-0.15, -0.1) is 0 Å². The van der Waals surface area contributed by atoms with Crippen molar-refractivity contribution in [3.05, 3.63) is 11.8 Å². The molecule has 0 heterocycles. The highest BCUT2D eigenvalue weighted by Crippen LogP contribution is 2.27. The minimum atomic E-state index is 0.0266. The molecule has 1 rings (SSSR count). The fourth-order valence-corrected chi connectivity index (χ4v) is 1.81. The van der Waals surface area contributed by atoms with Gasteiger partial charge >= 0.3 is 0 Å². The number of rotatable bonds is 3. The Balaban J connectivity index is 2.70. The van der Waals surface area contributed by atoms with E-state index in [9.17, 15) is 4.79 Å². The molecule has 0 aromatic carbocycles. The lowest BCUT2D eigenvalue weighted by atomic mass is 9.97. The molecule has 0 unspecified atom stereocenters. The summed E-state index contributed by atoms with van der Waals surface area (Å²) < 4.78 is 0. The van der Waals surface area contributed by atoms with Crippen LogP contribution < -0.4 is 0 Å². The van der Waals surface area contributed by atoms with E-state index in [0.29, 0.717) is 5.57 Å². The first-order valence-corrected chi connectivity index (χ1v) is 4.97. The van der Waals surface area contributed by atoms with E-state index < -0.39 is 0 Å².